The molecule has 0 rings (SSSR count). The summed E-state index contributed by atoms with van der Waals surface area (Å²) < 4.78 is 0. The molecule has 2 atom stereocenters. The van der Waals surface area contributed by atoms with Gasteiger partial charge in [0.1, 0.15) is 0 Å². The van der Waals surface area contributed by atoms with Crippen molar-refractivity contribution in [3.8, 4) is 12.3 Å². The minimum absolute atomic E-state index is 0.248. The fourth-order valence-corrected chi connectivity index (χ4v) is 1.66. The zero-order chi connectivity index (χ0) is 9.40. The maximum Gasteiger partial charge on any atom is 0.0686 e. The van der Waals surface area contributed by atoms with Crippen molar-refractivity contribution in [2.24, 2.45) is 0 Å². The predicted molar refractivity (Wildman–Crippen MR) is 58.5 cm³/mol. The van der Waals surface area contributed by atoms with Gasteiger partial charge in [-0.1, -0.05) is 19.8 Å². The third-order valence-corrected chi connectivity index (χ3v) is 2.81. The number of thioether (sulfide) groups is 1. The van der Waals surface area contributed by atoms with E-state index in [1.807, 2.05) is 11.8 Å². The monoisotopic (exact) mass is 185 g/mol. The van der Waals surface area contributed by atoms with Crippen molar-refractivity contribution in [1.82, 2.24) is 5.32 Å². The van der Waals surface area contributed by atoms with E-state index in [-0.39, 0.29) is 6.04 Å². The first-order valence-corrected chi connectivity index (χ1v) is 5.69. The van der Waals surface area contributed by atoms with Gasteiger partial charge in [0.25, 0.3) is 0 Å². The second-order valence-corrected chi connectivity index (χ2v) is 4.17. The summed E-state index contributed by atoms with van der Waals surface area (Å²) in [6, 6.07) is 0.772. The second-order valence-electron chi connectivity index (χ2n) is 2.85. The highest BCUT2D eigenvalue weighted by atomic mass is 32.2. The van der Waals surface area contributed by atoms with Crippen LogP contribution in [0.25, 0.3) is 0 Å². The van der Waals surface area contributed by atoms with E-state index in [2.05, 4.69) is 32.0 Å². The summed E-state index contributed by atoms with van der Waals surface area (Å²) in [5.74, 6) is 5.07. The molecule has 1 nitrogen and oxygen atoms in total. The van der Waals surface area contributed by atoms with Gasteiger partial charge >= 0.3 is 0 Å². The van der Waals surface area contributed by atoms with Crippen LogP contribution >= 0.6 is 11.8 Å². The fourth-order valence-electron chi connectivity index (χ4n) is 0.970. The number of hydrogen-bond donors (Lipinski definition) is 1. The number of terminal acetylenes is 1. The molecule has 0 amide bonds. The van der Waals surface area contributed by atoms with Crippen molar-refractivity contribution in [2.75, 3.05) is 11.5 Å². The van der Waals surface area contributed by atoms with E-state index >= 15 is 0 Å². The summed E-state index contributed by atoms with van der Waals surface area (Å²) in [5.41, 5.74) is 0. The summed E-state index contributed by atoms with van der Waals surface area (Å²) >= 11 is 1.95. The first kappa shape index (κ1) is 11.9. The summed E-state index contributed by atoms with van der Waals surface area (Å²) in [7, 11) is 0. The lowest BCUT2D eigenvalue weighted by Crippen LogP contribution is -2.36. The van der Waals surface area contributed by atoms with Gasteiger partial charge < -0.3 is 5.32 Å². The molecule has 0 heterocycles. The van der Waals surface area contributed by atoms with Crippen LogP contribution in [0.2, 0.25) is 0 Å². The molecule has 2 heteroatoms. The summed E-state index contributed by atoms with van der Waals surface area (Å²) in [4.78, 5) is 0. The van der Waals surface area contributed by atoms with Crippen LogP contribution in [0.15, 0.2) is 0 Å². The number of rotatable bonds is 6. The van der Waals surface area contributed by atoms with Crippen molar-refractivity contribution in [3.63, 3.8) is 0 Å². The van der Waals surface area contributed by atoms with Crippen molar-refractivity contribution in [1.29, 1.82) is 0 Å². The van der Waals surface area contributed by atoms with Gasteiger partial charge in [-0.2, -0.15) is 11.8 Å². The predicted octanol–water partition coefficient (Wildman–Crippen LogP) is 2.13. The normalized spacial score (nSPS) is 15.2. The smallest absolute Gasteiger partial charge is 0.0686 e. The molecule has 2 unspecified atom stereocenters. The van der Waals surface area contributed by atoms with E-state index in [0.717, 1.165) is 12.2 Å². The Morgan fingerprint density at radius 3 is 2.58 bits per heavy atom. The zero-order valence-electron chi connectivity index (χ0n) is 8.26. The highest BCUT2D eigenvalue weighted by molar-refractivity contribution is 7.99. The molecule has 12 heavy (non-hydrogen) atoms. The third kappa shape index (κ3) is 5.51. The molecule has 0 aromatic heterocycles. The molecule has 0 aliphatic heterocycles. The average molecular weight is 185 g/mol. The standard InChI is InChI=1S/C10H19NS/c1-5-10(6-2)11-9(4)8-12-7-3/h1,9-11H,6-8H2,2-4H3. The summed E-state index contributed by atoms with van der Waals surface area (Å²) in [6.07, 6.45) is 6.35. The van der Waals surface area contributed by atoms with E-state index in [9.17, 15) is 0 Å². The average Bonchev–Trinajstić information content (AvgIpc) is 2.10. The van der Waals surface area contributed by atoms with Gasteiger partial charge in [-0.15, -0.1) is 6.42 Å². The van der Waals surface area contributed by atoms with Crippen molar-refractivity contribution in [3.05, 3.63) is 0 Å². The second kappa shape index (κ2) is 7.52. The SMILES string of the molecule is C#CC(CC)NC(C)CSCC. The molecule has 0 aliphatic carbocycles. The lowest BCUT2D eigenvalue weighted by atomic mass is 10.2. The van der Waals surface area contributed by atoms with Gasteiger partial charge in [-0.3, -0.25) is 0 Å². The quantitative estimate of drug-likeness (QED) is 0.636. The Balaban J connectivity index is 3.53. The highest BCUT2D eigenvalue weighted by Gasteiger charge is 2.06. The van der Waals surface area contributed by atoms with Gasteiger partial charge in [-0.25, -0.2) is 0 Å². The van der Waals surface area contributed by atoms with Crippen LogP contribution < -0.4 is 5.32 Å². The van der Waals surface area contributed by atoms with Crippen LogP contribution in [0, 0.1) is 12.3 Å². The van der Waals surface area contributed by atoms with Gasteiger partial charge in [-0.05, 0) is 19.1 Å². The molecular formula is C10H19NS. The number of hydrogen-bond acceptors (Lipinski definition) is 2. The van der Waals surface area contributed by atoms with Crippen LogP contribution in [0.3, 0.4) is 0 Å². The van der Waals surface area contributed by atoms with Crippen molar-refractivity contribution < 1.29 is 0 Å². The van der Waals surface area contributed by atoms with E-state index in [1.165, 1.54) is 5.75 Å². The Hall–Kier alpha value is -0.130. The maximum atomic E-state index is 5.34. The molecule has 0 saturated heterocycles. The lowest BCUT2D eigenvalue weighted by molar-refractivity contribution is 0.529. The Morgan fingerprint density at radius 2 is 2.17 bits per heavy atom. The van der Waals surface area contributed by atoms with E-state index in [4.69, 9.17) is 6.42 Å². The van der Waals surface area contributed by atoms with E-state index in [0.29, 0.717) is 6.04 Å². The van der Waals surface area contributed by atoms with Gasteiger partial charge in [0.15, 0.2) is 0 Å². The largest absolute Gasteiger partial charge is 0.300 e. The molecule has 0 aromatic carbocycles. The molecule has 0 saturated carbocycles. The van der Waals surface area contributed by atoms with Crippen LogP contribution in [0.5, 0.6) is 0 Å². The summed E-state index contributed by atoms with van der Waals surface area (Å²) in [6.45, 7) is 6.47. The van der Waals surface area contributed by atoms with E-state index < -0.39 is 0 Å². The van der Waals surface area contributed by atoms with Crippen LogP contribution in [-0.2, 0) is 0 Å². The maximum absolute atomic E-state index is 5.34. The molecular weight excluding hydrogens is 166 g/mol. The first-order valence-electron chi connectivity index (χ1n) is 4.54. The van der Waals surface area contributed by atoms with Crippen LogP contribution in [0.1, 0.15) is 27.2 Å². The van der Waals surface area contributed by atoms with Crippen LogP contribution in [-0.4, -0.2) is 23.6 Å². The van der Waals surface area contributed by atoms with Gasteiger partial charge in [0.2, 0.25) is 0 Å². The molecule has 0 fully saturated rings. The van der Waals surface area contributed by atoms with Gasteiger partial charge in [0.05, 0.1) is 6.04 Å². The van der Waals surface area contributed by atoms with Crippen molar-refractivity contribution in [2.45, 2.75) is 39.3 Å². The highest BCUT2D eigenvalue weighted by Crippen LogP contribution is 2.02. The lowest BCUT2D eigenvalue weighted by Gasteiger charge is -2.17. The van der Waals surface area contributed by atoms with Gasteiger partial charge in [0, 0.05) is 11.8 Å². The van der Waals surface area contributed by atoms with E-state index in [1.54, 1.807) is 0 Å². The van der Waals surface area contributed by atoms with Crippen molar-refractivity contribution >= 4 is 11.8 Å². The molecule has 0 aliphatic rings. The molecule has 0 spiro atoms. The minimum atomic E-state index is 0.248. The zero-order valence-corrected chi connectivity index (χ0v) is 9.08. The fraction of sp³-hybridized carbons (Fsp3) is 0.800. The summed E-state index contributed by atoms with van der Waals surface area (Å²) in [5, 5.41) is 3.39. The number of nitrogens with one attached hydrogen (secondary N) is 1. The van der Waals surface area contributed by atoms with Crippen LogP contribution in [0.4, 0.5) is 0 Å². The molecule has 0 radical (unpaired) electrons. The molecule has 0 aromatic rings. The Kier molecular flexibility index (Phi) is 7.43. The molecule has 0 bridgehead atoms. The topological polar surface area (TPSA) is 12.0 Å². The molecule has 70 valence electrons. The Bertz CT molecular complexity index is 139. The third-order valence-electron chi connectivity index (χ3n) is 1.67. The Morgan fingerprint density at radius 1 is 1.50 bits per heavy atom. The minimum Gasteiger partial charge on any atom is -0.300 e. The molecule has 1 N–H and O–H groups in total. The first-order chi connectivity index (χ1) is 5.74. The Labute approximate surface area is 80.7 Å².